The van der Waals surface area contributed by atoms with Gasteiger partial charge < -0.3 is 29.9 Å². The number of hydrogen-bond acceptors (Lipinski definition) is 6. The molecule has 0 bridgehead atoms. The molecule has 0 atom stereocenters. The average molecular weight is 677 g/mol. The van der Waals surface area contributed by atoms with Crippen molar-refractivity contribution in [2.45, 2.75) is 0 Å². The lowest BCUT2D eigenvalue weighted by atomic mass is 9.83. The molecule has 1 aromatic heterocycles. The Balaban J connectivity index is 1.29. The van der Waals surface area contributed by atoms with Crippen molar-refractivity contribution >= 4 is 65.0 Å². The van der Waals surface area contributed by atoms with Gasteiger partial charge in [-0.15, -0.1) is 0 Å². The van der Waals surface area contributed by atoms with Gasteiger partial charge in [0, 0.05) is 16.3 Å². The Bertz CT molecular complexity index is 3050. The molecule has 0 aliphatic rings. The van der Waals surface area contributed by atoms with E-state index in [1.54, 1.807) is 0 Å². The maximum absolute atomic E-state index is 11.1. The fourth-order valence-corrected chi connectivity index (χ4v) is 8.10. The van der Waals surface area contributed by atoms with Crippen LogP contribution in [0.1, 0.15) is 0 Å². The van der Waals surface area contributed by atoms with E-state index in [9.17, 15) is 25.5 Å². The normalized spacial score (nSPS) is 11.8. The molecule has 10 rings (SSSR count). The molecule has 0 fully saturated rings. The number of phenolic OH excluding ortho intramolecular Hbond substituents is 5. The summed E-state index contributed by atoms with van der Waals surface area (Å²) in [6.45, 7) is 0. The molecule has 10 aromatic rings. The van der Waals surface area contributed by atoms with E-state index >= 15 is 0 Å². The second-order valence-electron chi connectivity index (χ2n) is 13.1. The van der Waals surface area contributed by atoms with E-state index in [1.807, 2.05) is 78.9 Å². The maximum atomic E-state index is 11.1. The summed E-state index contributed by atoms with van der Waals surface area (Å²) in [5.41, 5.74) is 5.92. The zero-order valence-electron chi connectivity index (χ0n) is 27.4. The van der Waals surface area contributed by atoms with Gasteiger partial charge in [0.1, 0.15) is 11.2 Å². The summed E-state index contributed by atoms with van der Waals surface area (Å²) in [6, 6.07) is 46.8. The molecule has 1 heterocycles. The van der Waals surface area contributed by atoms with Crippen molar-refractivity contribution in [3.05, 3.63) is 140 Å². The molecular weight excluding hydrogens is 649 g/mol. The van der Waals surface area contributed by atoms with Crippen LogP contribution in [0.15, 0.2) is 144 Å². The molecule has 6 heteroatoms. The minimum atomic E-state index is -0.997. The third-order valence-corrected chi connectivity index (χ3v) is 10.4. The van der Waals surface area contributed by atoms with Crippen molar-refractivity contribution in [3.8, 4) is 62.1 Å². The van der Waals surface area contributed by atoms with Crippen LogP contribution in [-0.4, -0.2) is 25.5 Å². The average Bonchev–Trinajstić information content (AvgIpc) is 3.58. The van der Waals surface area contributed by atoms with E-state index in [2.05, 4.69) is 60.7 Å². The number of rotatable bonds is 3. The van der Waals surface area contributed by atoms with Crippen LogP contribution in [0.2, 0.25) is 0 Å². The molecule has 0 aliphatic heterocycles. The molecular formula is C46H28O6. The lowest BCUT2D eigenvalue weighted by Crippen LogP contribution is -1.93. The summed E-state index contributed by atoms with van der Waals surface area (Å²) in [4.78, 5) is 0. The number of furan rings is 1. The van der Waals surface area contributed by atoms with E-state index in [4.69, 9.17) is 4.42 Å². The van der Waals surface area contributed by atoms with Crippen LogP contribution in [-0.2, 0) is 0 Å². The molecule has 52 heavy (non-hydrogen) atoms. The summed E-state index contributed by atoms with van der Waals surface area (Å²) in [7, 11) is 0. The fourth-order valence-electron chi connectivity index (χ4n) is 8.10. The van der Waals surface area contributed by atoms with Gasteiger partial charge in [-0.1, -0.05) is 121 Å². The van der Waals surface area contributed by atoms with Gasteiger partial charge in [-0.3, -0.25) is 0 Å². The highest BCUT2D eigenvalue weighted by molar-refractivity contribution is 6.26. The lowest BCUT2D eigenvalue weighted by Gasteiger charge is -2.20. The first kappa shape index (κ1) is 29.7. The van der Waals surface area contributed by atoms with Crippen molar-refractivity contribution in [3.63, 3.8) is 0 Å². The molecule has 0 spiro atoms. The topological polar surface area (TPSA) is 114 Å². The number of benzene rings is 9. The predicted molar refractivity (Wildman–Crippen MR) is 208 cm³/mol. The molecule has 0 saturated carbocycles. The summed E-state index contributed by atoms with van der Waals surface area (Å²) >= 11 is 0. The molecule has 0 radical (unpaired) electrons. The maximum Gasteiger partial charge on any atom is 0.208 e. The summed E-state index contributed by atoms with van der Waals surface area (Å²) in [5.74, 6) is -4.31. The van der Waals surface area contributed by atoms with Crippen molar-refractivity contribution in [2.24, 2.45) is 0 Å². The SMILES string of the molecule is Oc1c(O)c(O)c(-c2c3ccccc3c(-c3cccc4ccc(-c5cccc6oc7ccc8ccccc8c7c56)cc34)c3ccccc23)c(O)c1O. The highest BCUT2D eigenvalue weighted by Crippen LogP contribution is 2.58. The molecule has 0 amide bonds. The van der Waals surface area contributed by atoms with Crippen molar-refractivity contribution in [1.29, 1.82) is 0 Å². The molecule has 0 aliphatic carbocycles. The first-order valence-corrected chi connectivity index (χ1v) is 16.9. The number of hydrogen-bond donors (Lipinski definition) is 5. The number of fused-ring (bicyclic) bond motifs is 8. The predicted octanol–water partition coefficient (Wildman–Crippen LogP) is 11.7. The van der Waals surface area contributed by atoms with Gasteiger partial charge in [0.15, 0.2) is 11.5 Å². The van der Waals surface area contributed by atoms with Crippen LogP contribution in [0.3, 0.4) is 0 Å². The van der Waals surface area contributed by atoms with Crippen molar-refractivity contribution < 1.29 is 29.9 Å². The second kappa shape index (κ2) is 10.9. The van der Waals surface area contributed by atoms with Crippen LogP contribution in [0, 0.1) is 0 Å². The molecule has 0 saturated heterocycles. The summed E-state index contributed by atoms with van der Waals surface area (Å²) in [5, 5.41) is 63.0. The summed E-state index contributed by atoms with van der Waals surface area (Å²) in [6.07, 6.45) is 0. The highest BCUT2D eigenvalue weighted by Gasteiger charge is 2.28. The van der Waals surface area contributed by atoms with Crippen molar-refractivity contribution in [2.75, 3.05) is 0 Å². The monoisotopic (exact) mass is 676 g/mol. The van der Waals surface area contributed by atoms with Crippen molar-refractivity contribution in [1.82, 2.24) is 0 Å². The first-order valence-electron chi connectivity index (χ1n) is 16.9. The minimum absolute atomic E-state index is 0.181. The summed E-state index contributed by atoms with van der Waals surface area (Å²) < 4.78 is 6.40. The van der Waals surface area contributed by atoms with Crippen LogP contribution < -0.4 is 0 Å². The standard InChI is InChI=1S/C46H28O6/c47-42-41(43(48)45(50)46(51)44(42)49)38-31-14-5-3-12-29(31)37(30-13-4-6-15-32(30)38)33-17-7-10-25-19-20-26(23-34(25)33)28-16-8-18-35-40(28)39-27-11-2-1-9-24(27)21-22-36(39)52-35/h1-23,47-51H. The quantitative estimate of drug-likeness (QED) is 0.0723. The third-order valence-electron chi connectivity index (χ3n) is 10.4. The van der Waals surface area contributed by atoms with Gasteiger partial charge in [-0.2, -0.15) is 0 Å². The smallest absolute Gasteiger partial charge is 0.208 e. The number of phenols is 5. The molecule has 9 aromatic carbocycles. The first-order chi connectivity index (χ1) is 25.4. The van der Waals surface area contributed by atoms with E-state index in [0.29, 0.717) is 16.3 Å². The Morgan fingerprint density at radius 3 is 1.52 bits per heavy atom. The van der Waals surface area contributed by atoms with Gasteiger partial charge in [-0.05, 0) is 83.5 Å². The van der Waals surface area contributed by atoms with E-state index in [0.717, 1.165) is 76.5 Å². The molecule has 248 valence electrons. The van der Waals surface area contributed by atoms with Gasteiger partial charge in [0.25, 0.3) is 0 Å². The number of aromatic hydroxyl groups is 5. The van der Waals surface area contributed by atoms with Gasteiger partial charge in [-0.25, -0.2) is 0 Å². The largest absolute Gasteiger partial charge is 0.504 e. The fraction of sp³-hybridized carbons (Fsp3) is 0. The van der Waals surface area contributed by atoms with Gasteiger partial charge in [0.05, 0.1) is 5.56 Å². The molecule has 0 unspecified atom stereocenters. The van der Waals surface area contributed by atoms with E-state index < -0.39 is 28.7 Å². The highest BCUT2D eigenvalue weighted by atomic mass is 16.4. The van der Waals surface area contributed by atoms with Crippen LogP contribution in [0.25, 0.3) is 98.4 Å². The van der Waals surface area contributed by atoms with E-state index in [1.165, 1.54) is 0 Å². The van der Waals surface area contributed by atoms with Crippen LogP contribution >= 0.6 is 0 Å². The van der Waals surface area contributed by atoms with E-state index in [-0.39, 0.29) is 5.56 Å². The molecule has 5 N–H and O–H groups in total. The zero-order valence-corrected chi connectivity index (χ0v) is 27.4. The Labute approximate surface area is 295 Å². The van der Waals surface area contributed by atoms with Crippen LogP contribution in [0.5, 0.6) is 28.7 Å². The second-order valence-corrected chi connectivity index (χ2v) is 13.1. The zero-order chi connectivity index (χ0) is 35.2. The minimum Gasteiger partial charge on any atom is -0.504 e. The Morgan fingerprint density at radius 2 is 0.827 bits per heavy atom. The lowest BCUT2D eigenvalue weighted by molar-refractivity contribution is 0.330. The Kier molecular flexibility index (Phi) is 6.23. The Morgan fingerprint density at radius 1 is 0.327 bits per heavy atom. The third kappa shape index (κ3) is 4.06. The molecule has 6 nitrogen and oxygen atoms in total. The van der Waals surface area contributed by atoms with Gasteiger partial charge in [0.2, 0.25) is 17.2 Å². The van der Waals surface area contributed by atoms with Crippen LogP contribution in [0.4, 0.5) is 0 Å². The van der Waals surface area contributed by atoms with Gasteiger partial charge >= 0.3 is 0 Å². The Hall–Kier alpha value is -7.18.